The number of hydrogen-bond donors (Lipinski definition) is 2. The van der Waals surface area contributed by atoms with Crippen LogP contribution in [0.1, 0.15) is 69.6 Å². The van der Waals surface area contributed by atoms with E-state index < -0.39 is 0 Å². The number of hydrogen-bond acceptors (Lipinski definition) is 5. The Morgan fingerprint density at radius 2 is 1.70 bits per heavy atom. The maximum atomic E-state index is 12.1. The lowest BCUT2D eigenvalue weighted by molar-refractivity contribution is -0.126. The van der Waals surface area contributed by atoms with E-state index in [0.717, 1.165) is 25.7 Å². The minimum absolute atomic E-state index is 0. The highest BCUT2D eigenvalue weighted by molar-refractivity contribution is 5.79. The molecule has 0 atom stereocenters. The van der Waals surface area contributed by atoms with Crippen LogP contribution in [0.15, 0.2) is 0 Å². The molecule has 1 fully saturated rings. The molecule has 162 valence electrons. The van der Waals surface area contributed by atoms with Gasteiger partial charge in [-0.15, -0.1) is 0 Å². The lowest BCUT2D eigenvalue weighted by Gasteiger charge is -2.28. The highest BCUT2D eigenvalue weighted by Crippen LogP contribution is 2.24. The van der Waals surface area contributed by atoms with Gasteiger partial charge < -0.3 is 20.1 Å². The molecule has 7 heteroatoms. The van der Waals surface area contributed by atoms with Gasteiger partial charge in [-0.25, -0.2) is 0 Å². The lowest BCUT2D eigenvalue weighted by Crippen LogP contribution is -2.41. The van der Waals surface area contributed by atoms with Crippen LogP contribution in [-0.4, -0.2) is 56.1 Å². The highest BCUT2D eigenvalue weighted by atomic mass is 16.5. The van der Waals surface area contributed by atoms with Crippen LogP contribution >= 0.6 is 0 Å². The van der Waals surface area contributed by atoms with Gasteiger partial charge in [0, 0.05) is 27.8 Å². The summed E-state index contributed by atoms with van der Waals surface area (Å²) >= 11 is 0. The van der Waals surface area contributed by atoms with E-state index in [9.17, 15) is 14.4 Å². The molecule has 1 rings (SSSR count). The fourth-order valence-electron chi connectivity index (χ4n) is 2.79. The lowest BCUT2D eigenvalue weighted by atomic mass is 9.85. The summed E-state index contributed by atoms with van der Waals surface area (Å²) in [5, 5.41) is 5.86. The summed E-state index contributed by atoms with van der Waals surface area (Å²) < 4.78 is 10.5. The van der Waals surface area contributed by atoms with E-state index in [1.807, 2.05) is 27.7 Å². The first kappa shape index (κ1) is 25.5. The standard InChI is InChI=1S/C18H32N2O5.C2H6.2H2/c1-13(2)25-10-8-17(22)20-16-6-4-15(5-7-16)18(23)19-9-11-24-12-14(3)21;1-2;;/h13,15-16H,4-12H2,1-3H3,(H,19,23)(H,20,22);1-2H3;2*1H. The number of amides is 2. The van der Waals surface area contributed by atoms with Crippen LogP contribution < -0.4 is 10.6 Å². The molecule has 0 aromatic rings. The molecule has 0 spiro atoms. The molecule has 0 radical (unpaired) electrons. The van der Waals surface area contributed by atoms with Gasteiger partial charge in [-0.05, 0) is 46.5 Å². The number of carbonyl (C=O) groups is 3. The van der Waals surface area contributed by atoms with Crippen molar-refractivity contribution >= 4 is 17.6 Å². The molecule has 0 saturated heterocycles. The Morgan fingerprint density at radius 3 is 2.26 bits per heavy atom. The van der Waals surface area contributed by atoms with E-state index in [1.165, 1.54) is 6.92 Å². The number of ketones is 1. The van der Waals surface area contributed by atoms with Crippen molar-refractivity contribution in [2.24, 2.45) is 5.92 Å². The molecular weight excluding hydrogens is 348 g/mol. The number of Topliss-reactive ketones (excluding diaryl/α,β-unsaturated/α-hetero) is 1. The summed E-state index contributed by atoms with van der Waals surface area (Å²) in [5.41, 5.74) is 0. The quantitative estimate of drug-likeness (QED) is 0.529. The molecule has 0 aromatic carbocycles. The van der Waals surface area contributed by atoms with Crippen LogP contribution in [0, 0.1) is 5.92 Å². The van der Waals surface area contributed by atoms with Crippen LogP contribution in [0.5, 0.6) is 0 Å². The van der Waals surface area contributed by atoms with Crippen molar-refractivity contribution in [2.75, 3.05) is 26.4 Å². The topological polar surface area (TPSA) is 93.7 Å². The second kappa shape index (κ2) is 15.6. The summed E-state index contributed by atoms with van der Waals surface area (Å²) in [6.07, 6.45) is 3.68. The molecular formula is C20H42N2O5. The van der Waals surface area contributed by atoms with Gasteiger partial charge >= 0.3 is 0 Å². The van der Waals surface area contributed by atoms with E-state index in [-0.39, 0.29) is 45.1 Å². The third-order valence-electron chi connectivity index (χ3n) is 4.09. The zero-order chi connectivity index (χ0) is 20.7. The van der Waals surface area contributed by atoms with E-state index >= 15 is 0 Å². The van der Waals surface area contributed by atoms with Crippen LogP contribution in [-0.2, 0) is 23.9 Å². The van der Waals surface area contributed by atoms with Gasteiger partial charge in [-0.2, -0.15) is 0 Å². The van der Waals surface area contributed by atoms with Crippen LogP contribution in [0.3, 0.4) is 0 Å². The Balaban J connectivity index is -0.00000163. The molecule has 0 aliphatic heterocycles. The van der Waals surface area contributed by atoms with Gasteiger partial charge in [0.15, 0.2) is 5.78 Å². The average Bonchev–Trinajstić information content (AvgIpc) is 2.63. The Morgan fingerprint density at radius 1 is 1.07 bits per heavy atom. The first-order chi connectivity index (χ1) is 12.9. The van der Waals surface area contributed by atoms with Crippen molar-refractivity contribution in [3.63, 3.8) is 0 Å². The molecule has 2 amide bonds. The Kier molecular flexibility index (Phi) is 14.7. The van der Waals surface area contributed by atoms with Gasteiger partial charge in [-0.3, -0.25) is 14.4 Å². The molecule has 0 heterocycles. The Labute approximate surface area is 166 Å². The van der Waals surface area contributed by atoms with E-state index in [1.54, 1.807) is 0 Å². The van der Waals surface area contributed by atoms with Crippen molar-refractivity contribution in [1.82, 2.24) is 10.6 Å². The molecule has 0 bridgehead atoms. The van der Waals surface area contributed by atoms with Crippen LogP contribution in [0.25, 0.3) is 0 Å². The van der Waals surface area contributed by atoms with Gasteiger partial charge in [0.1, 0.15) is 6.61 Å². The Bertz CT molecular complexity index is 443. The predicted octanol–water partition coefficient (Wildman–Crippen LogP) is 2.72. The first-order valence-corrected chi connectivity index (χ1v) is 10.1. The van der Waals surface area contributed by atoms with Crippen molar-refractivity contribution in [1.29, 1.82) is 0 Å². The maximum Gasteiger partial charge on any atom is 0.223 e. The summed E-state index contributed by atoms with van der Waals surface area (Å²) in [4.78, 5) is 34.7. The number of nitrogens with one attached hydrogen (secondary N) is 2. The molecule has 0 unspecified atom stereocenters. The smallest absolute Gasteiger partial charge is 0.223 e. The normalized spacial score (nSPS) is 19.0. The van der Waals surface area contributed by atoms with Crippen molar-refractivity contribution in [3.05, 3.63) is 0 Å². The monoisotopic (exact) mass is 390 g/mol. The van der Waals surface area contributed by atoms with Gasteiger partial charge in [-0.1, -0.05) is 13.8 Å². The SMILES string of the molecule is CC.CC(=O)COCCNC(=O)C1CCC(NC(=O)CCOC(C)C)CC1.[HH].[HH]. The van der Waals surface area contributed by atoms with Crippen LogP contribution in [0.4, 0.5) is 0 Å². The molecule has 1 saturated carbocycles. The summed E-state index contributed by atoms with van der Waals surface area (Å²) in [6, 6.07) is 0.148. The predicted molar refractivity (Wildman–Crippen MR) is 110 cm³/mol. The minimum Gasteiger partial charge on any atom is -0.378 e. The molecule has 7 nitrogen and oxygen atoms in total. The second-order valence-corrected chi connectivity index (χ2v) is 6.83. The van der Waals surface area contributed by atoms with Crippen LogP contribution in [0.2, 0.25) is 0 Å². The molecule has 1 aliphatic carbocycles. The fourth-order valence-corrected chi connectivity index (χ4v) is 2.79. The number of rotatable bonds is 11. The summed E-state index contributed by atoms with van der Waals surface area (Å²) in [5.74, 6) is 0.00500. The molecule has 2 N–H and O–H groups in total. The van der Waals surface area contributed by atoms with Crippen molar-refractivity contribution < 1.29 is 26.7 Å². The molecule has 27 heavy (non-hydrogen) atoms. The summed E-state index contributed by atoms with van der Waals surface area (Å²) in [7, 11) is 0. The highest BCUT2D eigenvalue weighted by Gasteiger charge is 2.26. The fraction of sp³-hybridized carbons (Fsp3) is 0.850. The number of carbonyl (C=O) groups excluding carboxylic acids is 3. The largest absolute Gasteiger partial charge is 0.378 e. The number of ether oxygens (including phenoxy) is 2. The minimum atomic E-state index is -0.0255. The first-order valence-electron chi connectivity index (χ1n) is 10.1. The zero-order valence-corrected chi connectivity index (χ0v) is 17.6. The van der Waals surface area contributed by atoms with Crippen molar-refractivity contribution in [3.8, 4) is 0 Å². The summed E-state index contributed by atoms with van der Waals surface area (Å²) in [6.45, 7) is 10.6. The Hall–Kier alpha value is -1.47. The molecule has 0 aromatic heterocycles. The van der Waals surface area contributed by atoms with Gasteiger partial charge in [0.05, 0.1) is 19.3 Å². The third kappa shape index (κ3) is 13.4. The van der Waals surface area contributed by atoms with Gasteiger partial charge in [0.2, 0.25) is 11.8 Å². The third-order valence-corrected chi connectivity index (χ3v) is 4.09. The average molecular weight is 391 g/mol. The van der Waals surface area contributed by atoms with E-state index in [0.29, 0.717) is 26.2 Å². The van der Waals surface area contributed by atoms with E-state index in [2.05, 4.69) is 10.6 Å². The van der Waals surface area contributed by atoms with Crippen molar-refractivity contribution in [2.45, 2.75) is 78.9 Å². The maximum absolute atomic E-state index is 12.1. The van der Waals surface area contributed by atoms with E-state index in [4.69, 9.17) is 9.47 Å². The molecule has 1 aliphatic rings. The zero-order valence-electron chi connectivity index (χ0n) is 17.6. The second-order valence-electron chi connectivity index (χ2n) is 6.83. The van der Waals surface area contributed by atoms with Gasteiger partial charge in [0.25, 0.3) is 0 Å².